The van der Waals surface area contributed by atoms with Crippen LogP contribution in [0.5, 0.6) is 0 Å². The van der Waals surface area contributed by atoms with Gasteiger partial charge in [0.1, 0.15) is 0 Å². The predicted octanol–water partition coefficient (Wildman–Crippen LogP) is 2.61. The minimum absolute atomic E-state index is 0.0145. The third-order valence-corrected chi connectivity index (χ3v) is 6.38. The van der Waals surface area contributed by atoms with Crippen LogP contribution >= 0.6 is 0 Å². The van der Waals surface area contributed by atoms with Crippen LogP contribution in [0, 0.1) is 6.92 Å². The fourth-order valence-corrected chi connectivity index (χ4v) is 5.59. The molecule has 2 aromatic rings. The van der Waals surface area contributed by atoms with Gasteiger partial charge in [-0.05, 0) is 36.8 Å². The number of carbonyl (C=O) groups is 1. The highest BCUT2D eigenvalue weighted by molar-refractivity contribution is 7.91. The molecule has 2 fully saturated rings. The molecule has 0 radical (unpaired) electrons. The van der Waals surface area contributed by atoms with E-state index in [2.05, 4.69) is 0 Å². The smallest absolute Gasteiger partial charge is 0.288 e. The molecule has 0 unspecified atom stereocenters. The Kier molecular flexibility index (Phi) is 3.38. The Hall–Kier alpha value is -2.34. The SMILES string of the molecule is Cc1cccc(N2C(=O)N(c3ccccc3)[C@H]3CS(=O)(=O)C[C@H]32)c1. The third kappa shape index (κ3) is 2.38. The van der Waals surface area contributed by atoms with Gasteiger partial charge in [-0.3, -0.25) is 9.80 Å². The summed E-state index contributed by atoms with van der Waals surface area (Å²) in [6, 6.07) is 16.1. The molecule has 4 rings (SSSR count). The lowest BCUT2D eigenvalue weighted by atomic mass is 10.1. The number of para-hydroxylation sites is 1. The van der Waals surface area contributed by atoms with Gasteiger partial charge in [-0.15, -0.1) is 0 Å². The van der Waals surface area contributed by atoms with Crippen LogP contribution in [-0.4, -0.2) is 38.0 Å². The Labute approximate surface area is 141 Å². The number of aryl methyl sites for hydroxylation is 1. The number of fused-ring (bicyclic) bond motifs is 1. The van der Waals surface area contributed by atoms with Crippen LogP contribution in [0.1, 0.15) is 5.56 Å². The maximum absolute atomic E-state index is 13.1. The number of amides is 2. The Morgan fingerprint density at radius 1 is 0.875 bits per heavy atom. The zero-order chi connectivity index (χ0) is 16.9. The topological polar surface area (TPSA) is 57.7 Å². The number of carbonyl (C=O) groups excluding carboxylic acids is 1. The minimum Gasteiger partial charge on any atom is -0.288 e. The van der Waals surface area contributed by atoms with Crippen LogP contribution < -0.4 is 9.80 Å². The summed E-state index contributed by atoms with van der Waals surface area (Å²) in [5.74, 6) is 0.0291. The van der Waals surface area contributed by atoms with E-state index in [4.69, 9.17) is 0 Å². The van der Waals surface area contributed by atoms with Gasteiger partial charge in [0.25, 0.3) is 0 Å². The van der Waals surface area contributed by atoms with Gasteiger partial charge in [-0.1, -0.05) is 30.3 Å². The van der Waals surface area contributed by atoms with Crippen LogP contribution in [0.4, 0.5) is 16.2 Å². The van der Waals surface area contributed by atoms with Crippen molar-refractivity contribution in [3.8, 4) is 0 Å². The predicted molar refractivity (Wildman–Crippen MR) is 94.2 cm³/mol. The number of rotatable bonds is 2. The molecule has 5 nitrogen and oxygen atoms in total. The molecule has 2 aliphatic heterocycles. The van der Waals surface area contributed by atoms with E-state index in [-0.39, 0.29) is 29.6 Å². The van der Waals surface area contributed by atoms with Gasteiger partial charge in [-0.25, -0.2) is 13.2 Å². The molecule has 2 heterocycles. The van der Waals surface area contributed by atoms with Gasteiger partial charge in [0, 0.05) is 11.4 Å². The van der Waals surface area contributed by atoms with E-state index < -0.39 is 9.84 Å². The molecule has 0 spiro atoms. The summed E-state index contributed by atoms with van der Waals surface area (Å²) in [7, 11) is -3.16. The molecule has 2 amide bonds. The molecule has 2 saturated heterocycles. The van der Waals surface area contributed by atoms with Crippen molar-refractivity contribution in [2.75, 3.05) is 21.3 Å². The lowest BCUT2D eigenvalue weighted by Gasteiger charge is -2.23. The van der Waals surface area contributed by atoms with Gasteiger partial charge in [0.2, 0.25) is 0 Å². The zero-order valence-electron chi connectivity index (χ0n) is 13.3. The number of benzene rings is 2. The van der Waals surface area contributed by atoms with Crippen LogP contribution in [0.15, 0.2) is 54.6 Å². The number of hydrogen-bond donors (Lipinski definition) is 0. The van der Waals surface area contributed by atoms with Crippen LogP contribution in [-0.2, 0) is 9.84 Å². The quantitative estimate of drug-likeness (QED) is 0.788. The molecule has 6 heteroatoms. The van der Waals surface area contributed by atoms with Gasteiger partial charge in [0.15, 0.2) is 9.84 Å². The minimum atomic E-state index is -3.16. The summed E-state index contributed by atoms with van der Waals surface area (Å²) < 4.78 is 24.4. The second kappa shape index (κ2) is 5.34. The molecule has 0 bridgehead atoms. The molecule has 2 atom stereocenters. The van der Waals surface area contributed by atoms with Crippen molar-refractivity contribution < 1.29 is 13.2 Å². The monoisotopic (exact) mass is 342 g/mol. The van der Waals surface area contributed by atoms with Gasteiger partial charge in [-0.2, -0.15) is 0 Å². The number of urea groups is 1. The first-order valence-electron chi connectivity index (χ1n) is 7.91. The van der Waals surface area contributed by atoms with Crippen molar-refractivity contribution in [1.82, 2.24) is 0 Å². The Morgan fingerprint density at radius 3 is 2.08 bits per heavy atom. The van der Waals surface area contributed by atoms with Crippen molar-refractivity contribution in [2.45, 2.75) is 19.0 Å². The summed E-state index contributed by atoms with van der Waals surface area (Å²) in [6.45, 7) is 1.96. The average Bonchev–Trinajstić information content (AvgIpc) is 2.96. The fourth-order valence-electron chi connectivity index (χ4n) is 3.67. The lowest BCUT2D eigenvalue weighted by molar-refractivity contribution is 0.255. The fraction of sp³-hybridized carbons (Fsp3) is 0.278. The maximum Gasteiger partial charge on any atom is 0.329 e. The molecule has 124 valence electrons. The summed E-state index contributed by atoms with van der Waals surface area (Å²) in [5.41, 5.74) is 2.53. The molecule has 2 aromatic carbocycles. The van der Waals surface area contributed by atoms with Gasteiger partial charge in [0.05, 0.1) is 23.6 Å². The van der Waals surface area contributed by atoms with E-state index >= 15 is 0 Å². The number of nitrogens with zero attached hydrogens (tertiary/aromatic N) is 2. The number of hydrogen-bond acceptors (Lipinski definition) is 3. The molecular weight excluding hydrogens is 324 g/mol. The standard InChI is InChI=1S/C18H18N2O3S/c1-13-6-5-9-15(10-13)20-17-12-24(22,23)11-16(17)19(18(20)21)14-7-3-2-4-8-14/h2-10,16-17H,11-12H2,1H3/t16-,17+/m0/s1. The van der Waals surface area contributed by atoms with Gasteiger partial charge < -0.3 is 0 Å². The van der Waals surface area contributed by atoms with E-state index in [0.29, 0.717) is 0 Å². The molecule has 0 saturated carbocycles. The summed E-state index contributed by atoms with van der Waals surface area (Å²) in [5, 5.41) is 0. The van der Waals surface area contributed by atoms with Crippen LogP contribution in [0.3, 0.4) is 0 Å². The summed E-state index contributed by atoms with van der Waals surface area (Å²) in [4.78, 5) is 16.4. The zero-order valence-corrected chi connectivity index (χ0v) is 14.1. The highest BCUT2D eigenvalue weighted by atomic mass is 32.2. The second-order valence-corrected chi connectivity index (χ2v) is 8.56. The maximum atomic E-state index is 13.1. The van der Waals surface area contributed by atoms with E-state index in [0.717, 1.165) is 16.9 Å². The van der Waals surface area contributed by atoms with E-state index in [1.807, 2.05) is 61.5 Å². The van der Waals surface area contributed by atoms with E-state index in [9.17, 15) is 13.2 Å². The van der Waals surface area contributed by atoms with E-state index in [1.165, 1.54) is 0 Å². The summed E-state index contributed by atoms with van der Waals surface area (Å²) in [6.07, 6.45) is 0. The Morgan fingerprint density at radius 2 is 1.46 bits per heavy atom. The molecular formula is C18H18N2O3S. The van der Waals surface area contributed by atoms with Crippen molar-refractivity contribution >= 4 is 27.2 Å². The first-order chi connectivity index (χ1) is 11.5. The van der Waals surface area contributed by atoms with Crippen molar-refractivity contribution in [3.05, 3.63) is 60.2 Å². The third-order valence-electron chi connectivity index (χ3n) is 4.68. The van der Waals surface area contributed by atoms with E-state index in [1.54, 1.807) is 9.80 Å². The second-order valence-electron chi connectivity index (χ2n) is 6.41. The number of sulfone groups is 1. The largest absolute Gasteiger partial charge is 0.329 e. The normalized spacial score (nSPS) is 25.1. The van der Waals surface area contributed by atoms with Gasteiger partial charge >= 0.3 is 6.03 Å². The van der Waals surface area contributed by atoms with Crippen molar-refractivity contribution in [1.29, 1.82) is 0 Å². The van der Waals surface area contributed by atoms with Crippen molar-refractivity contribution in [2.24, 2.45) is 0 Å². The summed E-state index contributed by atoms with van der Waals surface area (Å²) >= 11 is 0. The van der Waals surface area contributed by atoms with Crippen molar-refractivity contribution in [3.63, 3.8) is 0 Å². The molecule has 0 aliphatic carbocycles. The Bertz CT molecular complexity index is 895. The lowest BCUT2D eigenvalue weighted by Crippen LogP contribution is -2.37. The van der Waals surface area contributed by atoms with Crippen LogP contribution in [0.2, 0.25) is 0 Å². The number of anilines is 2. The highest BCUT2D eigenvalue weighted by Gasteiger charge is 2.54. The molecule has 24 heavy (non-hydrogen) atoms. The first kappa shape index (κ1) is 15.2. The first-order valence-corrected chi connectivity index (χ1v) is 9.73. The molecule has 0 N–H and O–H groups in total. The average molecular weight is 342 g/mol. The van der Waals surface area contributed by atoms with Crippen LogP contribution in [0.25, 0.3) is 0 Å². The highest BCUT2D eigenvalue weighted by Crippen LogP contribution is 2.37. The Balaban J connectivity index is 1.82. The molecule has 2 aliphatic rings. The molecule has 0 aromatic heterocycles.